The fraction of sp³-hybridized carbons (Fsp3) is 0.455. The monoisotopic (exact) mass is 222 g/mol. The van der Waals surface area contributed by atoms with Crippen LogP contribution < -0.4 is 0 Å². The van der Waals surface area contributed by atoms with E-state index in [-0.39, 0.29) is 19.0 Å². The van der Waals surface area contributed by atoms with Crippen LogP contribution in [0.5, 0.6) is 0 Å². The number of aliphatic hydroxyl groups excluding tert-OH is 2. The summed E-state index contributed by atoms with van der Waals surface area (Å²) in [6, 6.07) is 3.46. The van der Waals surface area contributed by atoms with E-state index in [1.54, 1.807) is 12.1 Å². The van der Waals surface area contributed by atoms with Gasteiger partial charge in [0.2, 0.25) is 0 Å². The Hall–Kier alpha value is -1.46. The second-order valence-corrected chi connectivity index (χ2v) is 4.03. The summed E-state index contributed by atoms with van der Waals surface area (Å²) < 4.78 is 0. The third kappa shape index (κ3) is 2.05. The molecule has 1 aromatic heterocycles. The van der Waals surface area contributed by atoms with Gasteiger partial charge >= 0.3 is 0 Å². The van der Waals surface area contributed by atoms with Gasteiger partial charge in [-0.3, -0.25) is 9.78 Å². The number of aryl methyl sites for hydroxylation is 1. The minimum atomic E-state index is -0.845. The lowest BCUT2D eigenvalue weighted by atomic mass is 10.2. The standard InChI is InChI=1S/C11H14N2O3/c1-7-2-3-8(4-12-7)11(16)13-5-9(14)10(15)6-13/h2-4,9-10,14-15H,5-6H2,1H3/t9-,10+. The number of hydrogen-bond acceptors (Lipinski definition) is 4. The molecule has 2 heterocycles. The van der Waals surface area contributed by atoms with Crippen molar-refractivity contribution in [2.24, 2.45) is 0 Å². The quantitative estimate of drug-likeness (QED) is 0.676. The van der Waals surface area contributed by atoms with E-state index in [4.69, 9.17) is 0 Å². The molecule has 1 aliphatic heterocycles. The van der Waals surface area contributed by atoms with Crippen LogP contribution in [0, 0.1) is 6.92 Å². The number of amides is 1. The second-order valence-electron chi connectivity index (χ2n) is 4.03. The molecule has 86 valence electrons. The van der Waals surface area contributed by atoms with Crippen LogP contribution >= 0.6 is 0 Å². The highest BCUT2D eigenvalue weighted by atomic mass is 16.3. The van der Waals surface area contributed by atoms with Crippen molar-refractivity contribution in [2.45, 2.75) is 19.1 Å². The van der Waals surface area contributed by atoms with Crippen LogP contribution in [0.3, 0.4) is 0 Å². The highest BCUT2D eigenvalue weighted by Gasteiger charge is 2.32. The Balaban J connectivity index is 2.11. The van der Waals surface area contributed by atoms with E-state index in [0.29, 0.717) is 5.56 Å². The van der Waals surface area contributed by atoms with Crippen molar-refractivity contribution in [2.75, 3.05) is 13.1 Å². The number of pyridine rings is 1. The molecular weight excluding hydrogens is 208 g/mol. The van der Waals surface area contributed by atoms with E-state index in [9.17, 15) is 15.0 Å². The van der Waals surface area contributed by atoms with Gasteiger partial charge in [0.15, 0.2) is 0 Å². The highest BCUT2D eigenvalue weighted by Crippen LogP contribution is 2.13. The normalized spacial score (nSPS) is 24.8. The van der Waals surface area contributed by atoms with Crippen LogP contribution in [0.2, 0.25) is 0 Å². The van der Waals surface area contributed by atoms with Crippen molar-refractivity contribution in [3.63, 3.8) is 0 Å². The fourth-order valence-electron chi connectivity index (χ4n) is 1.71. The molecule has 1 fully saturated rings. The number of β-amino-alcohol motifs (C(OH)–C–C–N with tert-alkyl or cyclic N) is 2. The maximum absolute atomic E-state index is 11.9. The average molecular weight is 222 g/mol. The molecule has 0 saturated carbocycles. The molecule has 5 heteroatoms. The van der Waals surface area contributed by atoms with Gasteiger partial charge in [0.05, 0.1) is 17.8 Å². The van der Waals surface area contributed by atoms with Crippen LogP contribution in [0.1, 0.15) is 16.1 Å². The molecule has 0 unspecified atom stereocenters. The van der Waals surface area contributed by atoms with E-state index >= 15 is 0 Å². The fourth-order valence-corrected chi connectivity index (χ4v) is 1.71. The zero-order valence-electron chi connectivity index (χ0n) is 9.00. The Kier molecular flexibility index (Phi) is 2.89. The first kappa shape index (κ1) is 11.0. The molecule has 0 radical (unpaired) electrons. The number of aliphatic hydroxyl groups is 2. The van der Waals surface area contributed by atoms with Crippen LogP contribution in [0.4, 0.5) is 0 Å². The van der Waals surface area contributed by atoms with Gasteiger partial charge in [-0.1, -0.05) is 0 Å². The molecular formula is C11H14N2O3. The molecule has 5 nitrogen and oxygen atoms in total. The summed E-state index contributed by atoms with van der Waals surface area (Å²) in [6.45, 7) is 2.19. The topological polar surface area (TPSA) is 73.7 Å². The van der Waals surface area contributed by atoms with E-state index < -0.39 is 12.2 Å². The number of hydrogen-bond donors (Lipinski definition) is 2. The summed E-state index contributed by atoms with van der Waals surface area (Å²) in [7, 11) is 0. The molecule has 0 bridgehead atoms. The van der Waals surface area contributed by atoms with Crippen molar-refractivity contribution in [3.8, 4) is 0 Å². The Morgan fingerprint density at radius 3 is 2.50 bits per heavy atom. The molecule has 0 aromatic carbocycles. The van der Waals surface area contributed by atoms with Gasteiger partial charge in [0, 0.05) is 25.0 Å². The van der Waals surface area contributed by atoms with Gasteiger partial charge in [-0.05, 0) is 19.1 Å². The van der Waals surface area contributed by atoms with Gasteiger partial charge in [-0.15, -0.1) is 0 Å². The molecule has 1 saturated heterocycles. The number of carbonyl (C=O) groups is 1. The Morgan fingerprint density at radius 2 is 2.00 bits per heavy atom. The summed E-state index contributed by atoms with van der Waals surface area (Å²) in [5.74, 6) is -0.205. The third-order valence-electron chi connectivity index (χ3n) is 2.70. The predicted octanol–water partition coefficient (Wildman–Crippen LogP) is -0.432. The van der Waals surface area contributed by atoms with Gasteiger partial charge in [0.1, 0.15) is 0 Å². The van der Waals surface area contributed by atoms with Gasteiger partial charge in [0.25, 0.3) is 5.91 Å². The van der Waals surface area contributed by atoms with Crippen molar-refractivity contribution >= 4 is 5.91 Å². The maximum atomic E-state index is 11.9. The maximum Gasteiger partial charge on any atom is 0.255 e. The number of likely N-dealkylation sites (tertiary alicyclic amines) is 1. The highest BCUT2D eigenvalue weighted by molar-refractivity contribution is 5.94. The zero-order chi connectivity index (χ0) is 11.7. The smallest absolute Gasteiger partial charge is 0.255 e. The lowest BCUT2D eigenvalue weighted by Crippen LogP contribution is -2.29. The Bertz CT molecular complexity index is 381. The number of nitrogens with zero attached hydrogens (tertiary/aromatic N) is 2. The predicted molar refractivity (Wildman–Crippen MR) is 56.9 cm³/mol. The molecule has 2 N–H and O–H groups in total. The van der Waals surface area contributed by atoms with Gasteiger partial charge in [-0.25, -0.2) is 0 Å². The van der Waals surface area contributed by atoms with Gasteiger partial charge < -0.3 is 15.1 Å². The Labute approximate surface area is 93.3 Å². The molecule has 16 heavy (non-hydrogen) atoms. The van der Waals surface area contributed by atoms with Crippen LogP contribution in [-0.2, 0) is 0 Å². The van der Waals surface area contributed by atoms with Crippen LogP contribution in [-0.4, -0.2) is 51.3 Å². The minimum Gasteiger partial charge on any atom is -0.388 e. The van der Waals surface area contributed by atoms with E-state index in [2.05, 4.69) is 4.98 Å². The molecule has 1 aliphatic rings. The third-order valence-corrected chi connectivity index (χ3v) is 2.70. The molecule has 2 atom stereocenters. The molecule has 2 rings (SSSR count). The molecule has 0 spiro atoms. The summed E-state index contributed by atoms with van der Waals surface area (Å²) >= 11 is 0. The SMILES string of the molecule is Cc1ccc(C(=O)N2C[C@@H](O)[C@@H](O)C2)cn1. The number of carbonyl (C=O) groups excluding carboxylic acids is 1. The van der Waals surface area contributed by atoms with Gasteiger partial charge in [-0.2, -0.15) is 0 Å². The summed E-state index contributed by atoms with van der Waals surface area (Å²) in [4.78, 5) is 17.4. The van der Waals surface area contributed by atoms with Crippen LogP contribution in [0.15, 0.2) is 18.3 Å². The first-order valence-electron chi connectivity index (χ1n) is 5.16. The first-order valence-corrected chi connectivity index (χ1v) is 5.16. The molecule has 1 amide bonds. The van der Waals surface area contributed by atoms with Crippen molar-refractivity contribution in [1.29, 1.82) is 0 Å². The summed E-state index contributed by atoms with van der Waals surface area (Å²) in [6.07, 6.45) is -0.181. The summed E-state index contributed by atoms with van der Waals surface area (Å²) in [5.41, 5.74) is 1.32. The number of rotatable bonds is 1. The number of aromatic nitrogens is 1. The lowest BCUT2D eigenvalue weighted by Gasteiger charge is -2.14. The Morgan fingerprint density at radius 1 is 1.38 bits per heavy atom. The van der Waals surface area contributed by atoms with Crippen molar-refractivity contribution in [3.05, 3.63) is 29.6 Å². The first-order chi connectivity index (χ1) is 7.58. The van der Waals surface area contributed by atoms with Crippen LogP contribution in [0.25, 0.3) is 0 Å². The summed E-state index contributed by atoms with van der Waals surface area (Å²) in [5, 5.41) is 18.7. The zero-order valence-corrected chi connectivity index (χ0v) is 9.00. The second kappa shape index (κ2) is 4.19. The molecule has 1 aromatic rings. The lowest BCUT2D eigenvalue weighted by molar-refractivity contribution is 0.0572. The van der Waals surface area contributed by atoms with Crippen molar-refractivity contribution in [1.82, 2.24) is 9.88 Å². The average Bonchev–Trinajstić information content (AvgIpc) is 2.59. The van der Waals surface area contributed by atoms with E-state index in [1.807, 2.05) is 6.92 Å². The van der Waals surface area contributed by atoms with Crippen molar-refractivity contribution < 1.29 is 15.0 Å². The van der Waals surface area contributed by atoms with E-state index in [0.717, 1.165) is 5.69 Å². The van der Waals surface area contributed by atoms with E-state index in [1.165, 1.54) is 11.1 Å². The largest absolute Gasteiger partial charge is 0.388 e. The minimum absolute atomic E-state index is 0.174. The molecule has 0 aliphatic carbocycles.